The molecule has 64 valence electrons. The molecule has 0 saturated heterocycles. The van der Waals surface area contributed by atoms with Gasteiger partial charge in [-0.15, -0.1) is 0 Å². The highest BCUT2D eigenvalue weighted by molar-refractivity contribution is 5.21. The van der Waals surface area contributed by atoms with E-state index in [4.69, 9.17) is 5.73 Å². The van der Waals surface area contributed by atoms with E-state index in [9.17, 15) is 0 Å². The van der Waals surface area contributed by atoms with E-state index in [1.54, 1.807) is 0 Å². The van der Waals surface area contributed by atoms with Gasteiger partial charge in [-0.3, -0.25) is 0 Å². The molecule has 0 bridgehead atoms. The molecule has 0 atom stereocenters. The van der Waals surface area contributed by atoms with Crippen molar-refractivity contribution in [3.63, 3.8) is 0 Å². The maximum absolute atomic E-state index is 5.52. The molecule has 0 aliphatic rings. The normalized spacial score (nSPS) is 13.5. The number of allylic oxidation sites excluding steroid dienone is 2. The summed E-state index contributed by atoms with van der Waals surface area (Å²) in [6.07, 6.45) is 5.15. The van der Waals surface area contributed by atoms with Gasteiger partial charge in [0.15, 0.2) is 0 Å². The predicted molar refractivity (Wildman–Crippen MR) is 50.2 cm³/mol. The number of hydrogen-bond acceptors (Lipinski definition) is 2. The zero-order chi connectivity index (χ0) is 8.69. The molecule has 0 saturated carbocycles. The fourth-order valence-corrected chi connectivity index (χ4v) is 0.825. The lowest BCUT2D eigenvalue weighted by Crippen LogP contribution is -2.07. The summed E-state index contributed by atoms with van der Waals surface area (Å²) in [6.45, 7) is 4.77. The lowest BCUT2D eigenvalue weighted by atomic mass is 10.1. The van der Waals surface area contributed by atoms with Crippen molar-refractivity contribution in [3.8, 4) is 0 Å². The summed E-state index contributed by atoms with van der Waals surface area (Å²) in [6, 6.07) is 0. The molecule has 2 heteroatoms. The molecule has 0 aromatic rings. The van der Waals surface area contributed by atoms with Crippen molar-refractivity contribution in [2.24, 2.45) is 5.73 Å². The Bertz CT molecular complexity index is 151. The fourth-order valence-electron chi connectivity index (χ4n) is 0.825. The lowest BCUT2D eigenvalue weighted by molar-refractivity contribution is 0.969. The van der Waals surface area contributed by atoms with Crippen LogP contribution in [0, 0.1) is 0 Å². The van der Waals surface area contributed by atoms with E-state index >= 15 is 0 Å². The van der Waals surface area contributed by atoms with E-state index in [0.29, 0.717) is 6.54 Å². The number of nitrogens with two attached hydrogens (primary N) is 1. The molecule has 0 fully saturated rings. The zero-order valence-electron chi connectivity index (χ0n) is 7.65. The smallest absolute Gasteiger partial charge is 0.0294 e. The molecule has 0 aromatic heterocycles. The van der Waals surface area contributed by atoms with Crippen molar-refractivity contribution < 1.29 is 0 Å². The van der Waals surface area contributed by atoms with Crippen LogP contribution < -0.4 is 11.1 Å². The first kappa shape index (κ1) is 10.2. The highest BCUT2D eigenvalue weighted by Gasteiger charge is 1.91. The molecule has 0 aromatic carbocycles. The Balaban J connectivity index is 4.23. The van der Waals surface area contributed by atoms with Gasteiger partial charge in [0.25, 0.3) is 0 Å². The maximum atomic E-state index is 5.52. The molecule has 0 aliphatic carbocycles. The van der Waals surface area contributed by atoms with Crippen molar-refractivity contribution in [3.05, 3.63) is 23.4 Å². The Morgan fingerprint density at radius 3 is 2.45 bits per heavy atom. The number of rotatable bonds is 4. The van der Waals surface area contributed by atoms with Crippen molar-refractivity contribution in [2.45, 2.75) is 20.3 Å². The molecule has 0 aliphatic heterocycles. The fraction of sp³-hybridized carbons (Fsp3) is 0.556. The van der Waals surface area contributed by atoms with Gasteiger partial charge in [-0.2, -0.15) is 0 Å². The van der Waals surface area contributed by atoms with Crippen LogP contribution >= 0.6 is 0 Å². The van der Waals surface area contributed by atoms with Crippen LogP contribution in [0.4, 0.5) is 0 Å². The van der Waals surface area contributed by atoms with Gasteiger partial charge in [-0.1, -0.05) is 18.6 Å². The second-order valence-electron chi connectivity index (χ2n) is 2.35. The molecule has 0 radical (unpaired) electrons. The van der Waals surface area contributed by atoms with Crippen molar-refractivity contribution in [1.82, 2.24) is 5.32 Å². The van der Waals surface area contributed by atoms with Gasteiger partial charge in [-0.05, 0) is 19.4 Å². The van der Waals surface area contributed by atoms with Crippen LogP contribution in [0.3, 0.4) is 0 Å². The van der Waals surface area contributed by atoms with Crippen LogP contribution in [0.2, 0.25) is 0 Å². The van der Waals surface area contributed by atoms with Crippen LogP contribution in [0.15, 0.2) is 23.4 Å². The lowest BCUT2D eigenvalue weighted by Gasteiger charge is -2.03. The summed E-state index contributed by atoms with van der Waals surface area (Å²) in [5.41, 5.74) is 7.92. The van der Waals surface area contributed by atoms with Gasteiger partial charge in [0, 0.05) is 19.3 Å². The monoisotopic (exact) mass is 154 g/mol. The van der Waals surface area contributed by atoms with E-state index < -0.39 is 0 Å². The minimum Gasteiger partial charge on any atom is -0.388 e. The van der Waals surface area contributed by atoms with Crippen molar-refractivity contribution in [1.29, 1.82) is 0 Å². The molecule has 2 nitrogen and oxygen atoms in total. The third-order valence-electron chi connectivity index (χ3n) is 1.68. The molecule has 3 N–H and O–H groups in total. The maximum Gasteiger partial charge on any atom is 0.0294 e. The van der Waals surface area contributed by atoms with E-state index in [1.165, 1.54) is 5.57 Å². The van der Waals surface area contributed by atoms with Gasteiger partial charge in [0.2, 0.25) is 0 Å². The van der Waals surface area contributed by atoms with Crippen LogP contribution in [-0.2, 0) is 0 Å². The molecule has 0 rings (SSSR count). The number of nitrogens with one attached hydrogen (secondary N) is 1. The Morgan fingerprint density at radius 1 is 1.55 bits per heavy atom. The Kier molecular flexibility index (Phi) is 5.57. The standard InChI is InChI=1S/C9H18N2/c1-4-8(7-10)6-9(5-2)11-3/h5-6,11H,4,7,10H2,1-3H3/b8-6+,9-5+. The SMILES string of the molecule is C/C=C(\C=C(/CC)CN)NC. The molecule has 0 heterocycles. The third-order valence-corrected chi connectivity index (χ3v) is 1.68. The van der Waals surface area contributed by atoms with Gasteiger partial charge in [-0.25, -0.2) is 0 Å². The highest BCUT2D eigenvalue weighted by Crippen LogP contribution is 2.01. The Hall–Kier alpha value is -0.760. The van der Waals surface area contributed by atoms with E-state index in [-0.39, 0.29) is 0 Å². The Labute approximate surface area is 69.2 Å². The summed E-state index contributed by atoms with van der Waals surface area (Å²) in [4.78, 5) is 0. The average molecular weight is 154 g/mol. The molecular formula is C9H18N2. The minimum atomic E-state index is 0.648. The van der Waals surface area contributed by atoms with E-state index in [0.717, 1.165) is 12.1 Å². The summed E-state index contributed by atoms with van der Waals surface area (Å²) in [5.74, 6) is 0. The second-order valence-corrected chi connectivity index (χ2v) is 2.35. The van der Waals surface area contributed by atoms with Crippen LogP contribution in [0.5, 0.6) is 0 Å². The van der Waals surface area contributed by atoms with Crippen LogP contribution in [-0.4, -0.2) is 13.6 Å². The first-order valence-electron chi connectivity index (χ1n) is 4.02. The van der Waals surface area contributed by atoms with Gasteiger partial charge >= 0.3 is 0 Å². The summed E-state index contributed by atoms with van der Waals surface area (Å²) < 4.78 is 0. The molecular weight excluding hydrogens is 136 g/mol. The van der Waals surface area contributed by atoms with Crippen LogP contribution in [0.25, 0.3) is 0 Å². The van der Waals surface area contributed by atoms with Gasteiger partial charge in [0.1, 0.15) is 0 Å². The molecule has 11 heavy (non-hydrogen) atoms. The average Bonchev–Trinajstić information content (AvgIpc) is 2.07. The number of hydrogen-bond donors (Lipinski definition) is 2. The molecule has 0 spiro atoms. The quantitative estimate of drug-likeness (QED) is 0.601. The van der Waals surface area contributed by atoms with Crippen molar-refractivity contribution >= 4 is 0 Å². The summed E-state index contributed by atoms with van der Waals surface area (Å²) in [7, 11) is 1.91. The Morgan fingerprint density at radius 2 is 2.18 bits per heavy atom. The van der Waals surface area contributed by atoms with Crippen molar-refractivity contribution in [2.75, 3.05) is 13.6 Å². The first-order chi connectivity index (χ1) is 5.28. The third kappa shape index (κ3) is 3.83. The summed E-state index contributed by atoms with van der Waals surface area (Å²) >= 11 is 0. The zero-order valence-corrected chi connectivity index (χ0v) is 7.65. The van der Waals surface area contributed by atoms with E-state index in [1.807, 2.05) is 20.0 Å². The summed E-state index contributed by atoms with van der Waals surface area (Å²) in [5, 5.41) is 3.08. The largest absolute Gasteiger partial charge is 0.388 e. The van der Waals surface area contributed by atoms with Crippen LogP contribution in [0.1, 0.15) is 20.3 Å². The minimum absolute atomic E-state index is 0.648. The van der Waals surface area contributed by atoms with Gasteiger partial charge in [0.05, 0.1) is 0 Å². The van der Waals surface area contributed by atoms with E-state index in [2.05, 4.69) is 18.3 Å². The molecule has 0 unspecified atom stereocenters. The molecule has 0 amide bonds. The second kappa shape index (κ2) is 5.98. The number of likely N-dealkylation sites (N-methyl/N-ethyl adjacent to an activating group) is 1. The van der Waals surface area contributed by atoms with Gasteiger partial charge < -0.3 is 11.1 Å². The predicted octanol–water partition coefficient (Wildman–Crippen LogP) is 1.40. The topological polar surface area (TPSA) is 38.0 Å². The highest BCUT2D eigenvalue weighted by atomic mass is 14.8. The first-order valence-corrected chi connectivity index (χ1v) is 4.02.